The highest BCUT2D eigenvalue weighted by Gasteiger charge is 2.50. The fourth-order valence-electron chi connectivity index (χ4n) is 12.4. The molecule has 16 rings (SSSR count). The number of carbonyl (C=O) groups excluding carboxylic acids is 4. The van der Waals surface area contributed by atoms with Crippen LogP contribution in [0.4, 0.5) is 27.2 Å². The quantitative estimate of drug-likeness (QED) is 0.118. The van der Waals surface area contributed by atoms with E-state index < -0.39 is 95.2 Å². The van der Waals surface area contributed by atoms with Crippen molar-refractivity contribution in [1.82, 2.24) is 29.1 Å². The first-order chi connectivity index (χ1) is 41.8. The highest BCUT2D eigenvalue weighted by atomic mass is 32.1. The van der Waals surface area contributed by atoms with E-state index in [1.165, 1.54) is 68.7 Å². The number of halogens is 4. The first-order valence-corrected chi connectivity index (χ1v) is 28.5. The summed E-state index contributed by atoms with van der Waals surface area (Å²) in [7, 11) is 0. The Hall–Kier alpha value is -9.64. The second kappa shape index (κ2) is 20.6. The van der Waals surface area contributed by atoms with Crippen LogP contribution < -0.4 is 30.3 Å². The Morgan fingerprint density at radius 1 is 0.512 bits per heavy atom. The Kier molecular flexibility index (Phi) is 12.7. The second-order valence-electron chi connectivity index (χ2n) is 20.4. The molecular weight excluding hydrogens is 1170 g/mol. The van der Waals surface area contributed by atoms with Crippen LogP contribution in [0.5, 0.6) is 11.5 Å². The smallest absolute Gasteiger partial charge is 0.444 e. The van der Waals surface area contributed by atoms with Gasteiger partial charge in [0, 0.05) is 48.7 Å². The number of pyridine rings is 2. The zero-order chi connectivity index (χ0) is 58.8. The molecule has 2 aliphatic carbocycles. The second-order valence-corrected chi connectivity index (χ2v) is 22.1. The SMILES string of the molecule is O=C1OCC(Oc2c3n(ccc2=O)N(C2c4ccccc4-c4scnc4-c4c2ccc(F)c4F)C2COCCN2C3=O)O1.O=C1OCC(Oc2c3n(ccc2=O)N([C@@H]2c4ccccc4-c4scnc4-c4c2ccc(F)c4F)[C@@H]2COCCN2C3=O)O1. The van der Waals surface area contributed by atoms with E-state index in [1.54, 1.807) is 20.8 Å². The van der Waals surface area contributed by atoms with Gasteiger partial charge < -0.3 is 47.7 Å². The fourth-order valence-corrected chi connectivity index (χ4v) is 14.0. The molecule has 2 amide bonds. The number of aromatic nitrogens is 4. The standard InChI is InChI=1S/2C29H20F2N4O7S/c2*30-17-6-5-16-21(22(17)31)23-27(43-13-32-23)15-4-2-1-3-14(15)24(16)35-19-11-39-10-9-33(19)28(37)25-26(18(36)7-8-34(25)35)41-20-12-40-29(38)42-20/h2*1-8,13,19-20,24H,9-12H2/t19-,20?,24-;/m1./s1. The molecule has 0 N–H and O–H groups in total. The van der Waals surface area contributed by atoms with Crippen LogP contribution >= 0.6 is 22.7 Å². The highest BCUT2D eigenvalue weighted by molar-refractivity contribution is 7.14. The van der Waals surface area contributed by atoms with E-state index in [4.69, 9.17) is 37.9 Å². The molecule has 8 aromatic rings. The molecule has 4 fully saturated rings. The number of thiazole rings is 2. The van der Waals surface area contributed by atoms with E-state index in [1.807, 2.05) is 58.5 Å². The monoisotopic (exact) mass is 1210 g/mol. The molecule has 0 bridgehead atoms. The Balaban J connectivity index is 0.000000145. The number of cyclic esters (lactones) is 4. The zero-order valence-electron chi connectivity index (χ0n) is 44.1. The van der Waals surface area contributed by atoms with Gasteiger partial charge in [0.2, 0.25) is 22.4 Å². The van der Waals surface area contributed by atoms with Crippen LogP contribution in [0.1, 0.15) is 55.3 Å². The number of amides is 2. The maximum atomic E-state index is 15.8. The lowest BCUT2D eigenvalue weighted by atomic mass is 9.92. The lowest BCUT2D eigenvalue weighted by Crippen LogP contribution is -2.66. The van der Waals surface area contributed by atoms with E-state index in [-0.39, 0.29) is 86.7 Å². The summed E-state index contributed by atoms with van der Waals surface area (Å²) in [6.07, 6.45) is -2.95. The lowest BCUT2D eigenvalue weighted by Gasteiger charge is -2.51. The van der Waals surface area contributed by atoms with Gasteiger partial charge in [-0.1, -0.05) is 60.7 Å². The molecule has 0 radical (unpaired) electrons. The van der Waals surface area contributed by atoms with Crippen molar-refractivity contribution in [2.24, 2.45) is 0 Å². The number of morpholine rings is 2. The third kappa shape index (κ3) is 8.24. The van der Waals surface area contributed by atoms with Crippen molar-refractivity contribution in [3.05, 3.63) is 186 Å². The highest BCUT2D eigenvalue weighted by Crippen LogP contribution is 2.52. The number of nitrogens with zero attached hydrogens (tertiary/aromatic N) is 8. The maximum Gasteiger partial charge on any atom is 0.511 e. The predicted molar refractivity (Wildman–Crippen MR) is 292 cm³/mol. The van der Waals surface area contributed by atoms with Gasteiger partial charge in [0.15, 0.2) is 47.9 Å². The molecule has 8 aliphatic rings. The van der Waals surface area contributed by atoms with Gasteiger partial charge in [-0.2, -0.15) is 0 Å². The molecule has 10 heterocycles. The summed E-state index contributed by atoms with van der Waals surface area (Å²) in [5.41, 5.74) is 6.15. The van der Waals surface area contributed by atoms with E-state index in [9.17, 15) is 37.5 Å². The van der Waals surface area contributed by atoms with Gasteiger partial charge in [-0.25, -0.2) is 37.1 Å². The van der Waals surface area contributed by atoms with Crippen LogP contribution in [0, 0.1) is 23.3 Å². The Bertz CT molecular complexity index is 4060. The third-order valence-corrected chi connectivity index (χ3v) is 17.6. The molecule has 0 spiro atoms. The molecule has 4 saturated heterocycles. The summed E-state index contributed by atoms with van der Waals surface area (Å²) in [5, 5.41) is 3.62. The average molecular weight is 1210 g/mol. The first-order valence-electron chi connectivity index (χ1n) is 26.7. The molecule has 86 heavy (non-hydrogen) atoms. The van der Waals surface area contributed by atoms with E-state index in [2.05, 4.69) is 9.97 Å². The van der Waals surface area contributed by atoms with Gasteiger partial charge in [0.1, 0.15) is 12.3 Å². The lowest BCUT2D eigenvalue weighted by molar-refractivity contribution is -0.0228. The van der Waals surface area contributed by atoms with E-state index in [0.29, 0.717) is 32.3 Å². The van der Waals surface area contributed by atoms with Crippen LogP contribution in [-0.2, 0) is 28.4 Å². The van der Waals surface area contributed by atoms with Gasteiger partial charge in [-0.15, -0.1) is 22.7 Å². The first kappa shape index (κ1) is 53.1. The summed E-state index contributed by atoms with van der Waals surface area (Å²) in [4.78, 5) is 90.8. The number of rotatable bonds is 6. The van der Waals surface area contributed by atoms with Crippen molar-refractivity contribution in [3.8, 4) is 54.9 Å². The molecule has 4 aromatic heterocycles. The third-order valence-electron chi connectivity index (χ3n) is 15.9. The number of carbonyl (C=O) groups is 4. The van der Waals surface area contributed by atoms with Gasteiger partial charge in [0.05, 0.1) is 70.7 Å². The molecule has 6 atom stereocenters. The molecule has 4 aromatic carbocycles. The molecule has 28 heteroatoms. The van der Waals surface area contributed by atoms with Crippen LogP contribution in [0.25, 0.3) is 43.4 Å². The van der Waals surface area contributed by atoms with Crippen molar-refractivity contribution < 1.29 is 74.6 Å². The van der Waals surface area contributed by atoms with Gasteiger partial charge in [0.25, 0.3) is 24.4 Å². The topological polar surface area (TPSA) is 225 Å². The van der Waals surface area contributed by atoms with Crippen LogP contribution in [0.2, 0.25) is 0 Å². The van der Waals surface area contributed by atoms with E-state index >= 15 is 8.78 Å². The largest absolute Gasteiger partial charge is 0.511 e. The number of hydrogen-bond donors (Lipinski definition) is 0. The Morgan fingerprint density at radius 3 is 1.36 bits per heavy atom. The van der Waals surface area contributed by atoms with Gasteiger partial charge >= 0.3 is 12.3 Å². The minimum absolute atomic E-state index is 0.00622. The number of fused-ring (bicyclic) bond motifs is 14. The number of ether oxygens (including phenoxy) is 8. The summed E-state index contributed by atoms with van der Waals surface area (Å²) < 4.78 is 107. The van der Waals surface area contributed by atoms with E-state index in [0.717, 1.165) is 34.4 Å². The van der Waals surface area contributed by atoms with Crippen molar-refractivity contribution in [1.29, 1.82) is 0 Å². The molecule has 22 nitrogen and oxygen atoms in total. The summed E-state index contributed by atoms with van der Waals surface area (Å²) in [6.45, 7) is 0.531. The van der Waals surface area contributed by atoms with Crippen molar-refractivity contribution in [2.75, 3.05) is 62.7 Å². The Labute approximate surface area is 488 Å². The Morgan fingerprint density at radius 2 is 0.942 bits per heavy atom. The summed E-state index contributed by atoms with van der Waals surface area (Å²) >= 11 is 2.62. The van der Waals surface area contributed by atoms with Crippen LogP contribution in [0.15, 0.2) is 118 Å². The normalized spacial score (nSPS) is 22.0. The maximum absolute atomic E-state index is 15.8. The van der Waals surface area contributed by atoms with Gasteiger partial charge in [-0.3, -0.25) is 38.5 Å². The molecule has 6 aliphatic heterocycles. The number of hydrogen-bond acceptors (Lipinski definition) is 20. The minimum atomic E-state index is -1.24. The summed E-state index contributed by atoms with van der Waals surface area (Å²) in [6, 6.07) is 20.9. The van der Waals surface area contributed by atoms with Crippen molar-refractivity contribution >= 4 is 46.8 Å². The molecule has 436 valence electrons. The molecule has 4 unspecified atom stereocenters. The van der Waals surface area contributed by atoms with Gasteiger partial charge in [-0.05, 0) is 45.5 Å². The number of benzene rings is 4. The zero-order valence-corrected chi connectivity index (χ0v) is 45.8. The fraction of sp³-hybridized carbons (Fsp3) is 0.241. The van der Waals surface area contributed by atoms with Crippen molar-refractivity contribution in [3.63, 3.8) is 0 Å². The molecule has 0 saturated carbocycles. The predicted octanol–water partition coefficient (Wildman–Crippen LogP) is 7.28. The van der Waals surface area contributed by atoms with Crippen LogP contribution in [-0.4, -0.2) is 131 Å². The summed E-state index contributed by atoms with van der Waals surface area (Å²) in [5.74, 6) is -5.80. The minimum Gasteiger partial charge on any atom is -0.444 e. The van der Waals surface area contributed by atoms with Crippen LogP contribution in [0.3, 0.4) is 0 Å². The average Bonchev–Trinajstić information content (AvgIpc) is 1.33. The molecular formula is C58H40F4N8O14S2. The van der Waals surface area contributed by atoms with Crippen molar-refractivity contribution in [2.45, 2.75) is 37.0 Å².